The van der Waals surface area contributed by atoms with Gasteiger partial charge in [-0.1, -0.05) is 5.16 Å². The van der Waals surface area contributed by atoms with Crippen LogP contribution in [0.25, 0.3) is 33.9 Å². The predicted octanol–water partition coefficient (Wildman–Crippen LogP) is 3.79. The van der Waals surface area contributed by atoms with Crippen LogP contribution in [0.3, 0.4) is 0 Å². The van der Waals surface area contributed by atoms with E-state index in [2.05, 4.69) is 20.1 Å². The summed E-state index contributed by atoms with van der Waals surface area (Å²) in [5.74, 6) is 0.740. The average Bonchev–Trinajstić information content (AvgIpc) is 3.44. The normalized spacial score (nSPS) is 15.6. The van der Waals surface area contributed by atoms with Crippen molar-refractivity contribution in [2.45, 2.75) is 25.2 Å². The Kier molecular flexibility index (Phi) is 4.04. The lowest BCUT2D eigenvalue weighted by atomic mass is 10.0. The highest BCUT2D eigenvalue weighted by Gasteiger charge is 2.28. The molecule has 0 amide bonds. The van der Waals surface area contributed by atoms with E-state index in [-0.39, 0.29) is 12.3 Å². The summed E-state index contributed by atoms with van der Waals surface area (Å²) < 4.78 is 10.5. The van der Waals surface area contributed by atoms with Crippen LogP contribution in [0.5, 0.6) is 5.75 Å². The third-order valence-corrected chi connectivity index (χ3v) is 5.39. The van der Waals surface area contributed by atoms with Gasteiger partial charge in [0, 0.05) is 28.1 Å². The molecule has 0 radical (unpaired) electrons. The summed E-state index contributed by atoms with van der Waals surface area (Å²) in [6, 6.07) is 9.48. The summed E-state index contributed by atoms with van der Waals surface area (Å²) in [5, 5.41) is 14.3. The molecule has 3 aromatic heterocycles. The molecule has 5 rings (SSSR count). The zero-order valence-corrected chi connectivity index (χ0v) is 15.7. The number of ether oxygens (including phenoxy) is 1. The van der Waals surface area contributed by atoms with Crippen molar-refractivity contribution in [1.29, 1.82) is 0 Å². The molecule has 146 valence electrons. The first-order valence-corrected chi connectivity index (χ1v) is 9.33. The number of carbonyl (C=O) groups is 1. The molecule has 1 aliphatic rings. The van der Waals surface area contributed by atoms with E-state index in [0.29, 0.717) is 23.2 Å². The number of aryl methyl sites for hydroxylation is 1. The van der Waals surface area contributed by atoms with Crippen molar-refractivity contribution in [2.24, 2.45) is 0 Å². The van der Waals surface area contributed by atoms with Gasteiger partial charge in [-0.3, -0.25) is 4.79 Å². The minimum absolute atomic E-state index is 0.0382. The minimum Gasteiger partial charge on any atom is -0.495 e. The van der Waals surface area contributed by atoms with Crippen molar-refractivity contribution in [1.82, 2.24) is 20.1 Å². The highest BCUT2D eigenvalue weighted by molar-refractivity contribution is 5.89. The van der Waals surface area contributed by atoms with E-state index in [9.17, 15) is 4.79 Å². The van der Waals surface area contributed by atoms with Gasteiger partial charge in [0.05, 0.1) is 19.7 Å². The van der Waals surface area contributed by atoms with Crippen LogP contribution in [-0.2, 0) is 11.2 Å². The second kappa shape index (κ2) is 6.73. The zero-order chi connectivity index (χ0) is 20.0. The number of carboxylic acids is 1. The van der Waals surface area contributed by atoms with E-state index < -0.39 is 5.97 Å². The first kappa shape index (κ1) is 17.4. The van der Waals surface area contributed by atoms with Crippen LogP contribution in [0.4, 0.5) is 0 Å². The van der Waals surface area contributed by atoms with Crippen molar-refractivity contribution in [3.63, 3.8) is 0 Å². The Hall–Kier alpha value is -3.68. The fourth-order valence-corrected chi connectivity index (χ4v) is 3.98. The Morgan fingerprint density at radius 2 is 2.24 bits per heavy atom. The SMILES string of the molecule is COc1ccc(-c2nc(-c3ccc4[nH]c5c(c4c3)CCC5CC(=O)O)no2)nc1. The fourth-order valence-electron chi connectivity index (χ4n) is 3.98. The van der Waals surface area contributed by atoms with Crippen molar-refractivity contribution < 1.29 is 19.2 Å². The van der Waals surface area contributed by atoms with Crippen molar-refractivity contribution >= 4 is 16.9 Å². The number of nitrogens with one attached hydrogen (secondary N) is 1. The van der Waals surface area contributed by atoms with Crippen molar-refractivity contribution in [3.05, 3.63) is 47.8 Å². The summed E-state index contributed by atoms with van der Waals surface area (Å²) in [5.41, 5.74) is 4.63. The van der Waals surface area contributed by atoms with Crippen LogP contribution < -0.4 is 4.74 Å². The highest BCUT2D eigenvalue weighted by atomic mass is 16.5. The lowest BCUT2D eigenvalue weighted by molar-refractivity contribution is -0.137. The van der Waals surface area contributed by atoms with Gasteiger partial charge in [0.2, 0.25) is 5.82 Å². The van der Waals surface area contributed by atoms with Crippen LogP contribution >= 0.6 is 0 Å². The Labute approximate surface area is 165 Å². The van der Waals surface area contributed by atoms with Gasteiger partial charge in [-0.05, 0) is 48.7 Å². The van der Waals surface area contributed by atoms with Gasteiger partial charge in [-0.2, -0.15) is 4.98 Å². The summed E-state index contributed by atoms with van der Waals surface area (Å²) in [6.45, 7) is 0. The van der Waals surface area contributed by atoms with E-state index in [1.807, 2.05) is 18.2 Å². The molecule has 0 bridgehead atoms. The molecule has 0 saturated heterocycles. The number of methoxy groups -OCH3 is 1. The van der Waals surface area contributed by atoms with E-state index in [1.165, 1.54) is 5.56 Å². The number of hydrogen-bond acceptors (Lipinski definition) is 6. The molecule has 4 aromatic rings. The van der Waals surface area contributed by atoms with Gasteiger partial charge in [0.25, 0.3) is 5.89 Å². The van der Waals surface area contributed by atoms with Crippen molar-refractivity contribution in [2.75, 3.05) is 7.11 Å². The number of rotatable bonds is 5. The quantitative estimate of drug-likeness (QED) is 0.533. The summed E-state index contributed by atoms with van der Waals surface area (Å²) in [6.07, 6.45) is 3.46. The Morgan fingerprint density at radius 1 is 1.34 bits per heavy atom. The van der Waals surface area contributed by atoms with E-state index >= 15 is 0 Å². The largest absolute Gasteiger partial charge is 0.495 e. The first-order chi connectivity index (χ1) is 14.1. The molecule has 1 aliphatic carbocycles. The molecule has 8 heteroatoms. The zero-order valence-electron chi connectivity index (χ0n) is 15.7. The number of pyridine rings is 1. The number of fused-ring (bicyclic) bond motifs is 3. The summed E-state index contributed by atoms with van der Waals surface area (Å²) >= 11 is 0. The smallest absolute Gasteiger partial charge is 0.304 e. The van der Waals surface area contributed by atoms with Gasteiger partial charge >= 0.3 is 5.97 Å². The molecule has 1 aromatic carbocycles. The standard InChI is InChI=1S/C21H18N4O4/c1-28-13-4-7-17(22-10-13)21-24-20(25-29-21)12-3-6-16-15(8-12)14-5-2-11(9-18(26)27)19(14)23-16/h3-4,6-8,10-11,23H,2,5,9H2,1H3,(H,26,27). The maximum absolute atomic E-state index is 11.1. The molecule has 0 saturated carbocycles. The number of aliphatic carboxylic acids is 1. The Balaban J connectivity index is 1.48. The lowest BCUT2D eigenvalue weighted by Crippen LogP contribution is -2.03. The molecule has 3 heterocycles. The monoisotopic (exact) mass is 390 g/mol. The van der Waals surface area contributed by atoms with Crippen LogP contribution in [0.2, 0.25) is 0 Å². The second-order valence-electron chi connectivity index (χ2n) is 7.12. The molecule has 0 aliphatic heterocycles. The van der Waals surface area contributed by atoms with Crippen molar-refractivity contribution in [3.8, 4) is 28.7 Å². The van der Waals surface area contributed by atoms with Gasteiger partial charge < -0.3 is 19.4 Å². The van der Waals surface area contributed by atoms with Crippen LogP contribution in [0.15, 0.2) is 41.1 Å². The number of nitrogens with zero attached hydrogens (tertiary/aromatic N) is 3. The fraction of sp³-hybridized carbons (Fsp3) is 0.238. The Morgan fingerprint density at radius 3 is 3.00 bits per heavy atom. The molecule has 2 N–H and O–H groups in total. The number of aromatic nitrogens is 4. The third kappa shape index (κ3) is 3.02. The molecular formula is C21H18N4O4. The summed E-state index contributed by atoms with van der Waals surface area (Å²) in [4.78, 5) is 23.3. The van der Waals surface area contributed by atoms with Crippen LogP contribution in [-0.4, -0.2) is 38.3 Å². The molecular weight excluding hydrogens is 372 g/mol. The minimum atomic E-state index is -0.770. The van der Waals surface area contributed by atoms with E-state index in [1.54, 1.807) is 25.4 Å². The van der Waals surface area contributed by atoms with Gasteiger partial charge in [0.1, 0.15) is 11.4 Å². The van der Waals surface area contributed by atoms with Gasteiger partial charge in [-0.25, -0.2) is 4.98 Å². The molecule has 1 atom stereocenters. The number of H-pyrrole nitrogens is 1. The molecule has 0 spiro atoms. The summed E-state index contributed by atoms with van der Waals surface area (Å²) in [7, 11) is 1.58. The third-order valence-electron chi connectivity index (χ3n) is 5.39. The lowest BCUT2D eigenvalue weighted by Gasteiger charge is -2.05. The highest BCUT2D eigenvalue weighted by Crippen LogP contribution is 2.40. The number of aromatic amines is 1. The van der Waals surface area contributed by atoms with Crippen LogP contribution in [0.1, 0.15) is 30.0 Å². The first-order valence-electron chi connectivity index (χ1n) is 9.33. The molecule has 0 fully saturated rings. The topological polar surface area (TPSA) is 114 Å². The number of carboxylic acid groups (broad SMARTS) is 1. The van der Waals surface area contributed by atoms with E-state index in [4.69, 9.17) is 14.4 Å². The maximum Gasteiger partial charge on any atom is 0.304 e. The number of hydrogen-bond donors (Lipinski definition) is 2. The molecule has 29 heavy (non-hydrogen) atoms. The molecule has 8 nitrogen and oxygen atoms in total. The second-order valence-corrected chi connectivity index (χ2v) is 7.12. The maximum atomic E-state index is 11.1. The predicted molar refractivity (Wildman–Crippen MR) is 105 cm³/mol. The Bertz CT molecular complexity index is 1210. The van der Waals surface area contributed by atoms with Gasteiger partial charge in [0.15, 0.2) is 0 Å². The van der Waals surface area contributed by atoms with E-state index in [0.717, 1.165) is 35.0 Å². The molecule has 1 unspecified atom stereocenters. The average molecular weight is 390 g/mol. The van der Waals surface area contributed by atoms with Gasteiger partial charge in [-0.15, -0.1) is 0 Å². The number of benzene rings is 1. The van der Waals surface area contributed by atoms with Crippen LogP contribution in [0, 0.1) is 0 Å².